The van der Waals surface area contributed by atoms with Gasteiger partial charge in [-0.1, -0.05) is 19.1 Å². The molecule has 1 aliphatic rings. The molecule has 0 N–H and O–H groups in total. The summed E-state index contributed by atoms with van der Waals surface area (Å²) in [4.78, 5) is 0.364. The molecule has 0 aromatic heterocycles. The molecule has 2 unspecified atom stereocenters. The maximum atomic E-state index is 11.6. The first kappa shape index (κ1) is 12.1. The summed E-state index contributed by atoms with van der Waals surface area (Å²) in [7, 11) is -3.12. The topological polar surface area (TPSA) is 57.9 Å². The Morgan fingerprint density at radius 2 is 2.00 bits per heavy atom. The zero-order valence-corrected chi connectivity index (χ0v) is 10.8. The Morgan fingerprint density at radius 1 is 1.41 bits per heavy atom. The van der Waals surface area contributed by atoms with E-state index in [1.54, 1.807) is 19.1 Å². The monoisotopic (exact) mass is 249 g/mol. The Balaban J connectivity index is 2.25. The molecule has 0 radical (unpaired) electrons. The van der Waals surface area contributed by atoms with E-state index >= 15 is 0 Å². The zero-order chi connectivity index (χ0) is 12.7. The van der Waals surface area contributed by atoms with Gasteiger partial charge in [0.2, 0.25) is 0 Å². The van der Waals surface area contributed by atoms with Crippen molar-refractivity contribution in [3.05, 3.63) is 29.8 Å². The van der Waals surface area contributed by atoms with Crippen molar-refractivity contribution in [1.82, 2.24) is 0 Å². The molecule has 1 aromatic rings. The highest BCUT2D eigenvalue weighted by atomic mass is 32.2. The number of nitrogens with zero attached hydrogens (tertiary/aromatic N) is 1. The van der Waals surface area contributed by atoms with Crippen molar-refractivity contribution in [2.75, 3.05) is 5.75 Å². The van der Waals surface area contributed by atoms with Crippen LogP contribution in [0.1, 0.15) is 31.7 Å². The van der Waals surface area contributed by atoms with Gasteiger partial charge in [0.05, 0.1) is 22.1 Å². The molecule has 0 heterocycles. The van der Waals surface area contributed by atoms with E-state index in [1.165, 1.54) is 0 Å². The highest BCUT2D eigenvalue weighted by Crippen LogP contribution is 2.58. The maximum absolute atomic E-state index is 11.6. The van der Waals surface area contributed by atoms with Gasteiger partial charge in [0.25, 0.3) is 0 Å². The molecule has 90 valence electrons. The van der Waals surface area contributed by atoms with Gasteiger partial charge in [0.15, 0.2) is 9.84 Å². The molecule has 4 heteroatoms. The van der Waals surface area contributed by atoms with Crippen LogP contribution in [0, 0.1) is 16.7 Å². The van der Waals surface area contributed by atoms with Gasteiger partial charge in [-0.2, -0.15) is 5.26 Å². The van der Waals surface area contributed by atoms with Gasteiger partial charge in [-0.25, -0.2) is 8.42 Å². The van der Waals surface area contributed by atoms with Crippen LogP contribution in [0.3, 0.4) is 0 Å². The van der Waals surface area contributed by atoms with Crippen LogP contribution in [-0.2, 0) is 9.84 Å². The molecular weight excluding hydrogens is 234 g/mol. The fraction of sp³-hybridized carbons (Fsp3) is 0.462. The van der Waals surface area contributed by atoms with Crippen molar-refractivity contribution < 1.29 is 8.42 Å². The van der Waals surface area contributed by atoms with Crippen LogP contribution < -0.4 is 0 Å². The molecule has 3 nitrogen and oxygen atoms in total. The van der Waals surface area contributed by atoms with Crippen LogP contribution in [0.5, 0.6) is 0 Å². The summed E-state index contributed by atoms with van der Waals surface area (Å²) in [5.41, 5.74) is 0.801. The highest BCUT2D eigenvalue weighted by Gasteiger charge is 2.51. The lowest BCUT2D eigenvalue weighted by Crippen LogP contribution is -2.03. The predicted molar refractivity (Wildman–Crippen MR) is 65.2 cm³/mol. The van der Waals surface area contributed by atoms with Gasteiger partial charge in [-0.05, 0) is 31.0 Å². The van der Waals surface area contributed by atoms with Gasteiger partial charge in [0.1, 0.15) is 0 Å². The minimum atomic E-state index is -3.12. The number of benzene rings is 1. The quantitative estimate of drug-likeness (QED) is 0.827. The number of rotatable bonds is 3. The van der Waals surface area contributed by atoms with Crippen molar-refractivity contribution in [3.8, 4) is 6.07 Å². The van der Waals surface area contributed by atoms with Crippen molar-refractivity contribution >= 4 is 9.84 Å². The highest BCUT2D eigenvalue weighted by molar-refractivity contribution is 7.91. The lowest BCUT2D eigenvalue weighted by atomic mass is 10.0. The maximum Gasteiger partial charge on any atom is 0.178 e. The lowest BCUT2D eigenvalue weighted by Gasteiger charge is -2.04. The Kier molecular flexibility index (Phi) is 2.75. The van der Waals surface area contributed by atoms with Crippen molar-refractivity contribution in [3.63, 3.8) is 0 Å². The lowest BCUT2D eigenvalue weighted by molar-refractivity contribution is 0.597. The van der Waals surface area contributed by atoms with Crippen molar-refractivity contribution in [2.45, 2.75) is 31.1 Å². The summed E-state index contributed by atoms with van der Waals surface area (Å²) in [5.74, 6) is 0.372. The van der Waals surface area contributed by atoms with Crippen molar-refractivity contribution in [1.29, 1.82) is 5.26 Å². The van der Waals surface area contributed by atoms with Gasteiger partial charge < -0.3 is 0 Å². The SMILES string of the molecule is CCS(=O)(=O)c1ccc(C2CC2(C)C#N)cc1. The number of hydrogen-bond donors (Lipinski definition) is 0. The van der Waals surface area contributed by atoms with E-state index in [-0.39, 0.29) is 17.1 Å². The molecule has 0 bridgehead atoms. The third kappa shape index (κ3) is 2.07. The van der Waals surface area contributed by atoms with Crippen LogP contribution in [-0.4, -0.2) is 14.2 Å². The summed E-state index contributed by atoms with van der Waals surface area (Å²) < 4.78 is 23.3. The average Bonchev–Trinajstić information content (AvgIpc) is 3.03. The molecule has 0 aliphatic heterocycles. The summed E-state index contributed by atoms with van der Waals surface area (Å²) in [6, 6.07) is 9.25. The summed E-state index contributed by atoms with van der Waals surface area (Å²) in [5, 5.41) is 8.97. The van der Waals surface area contributed by atoms with Crippen LogP contribution in [0.4, 0.5) is 0 Å². The Morgan fingerprint density at radius 3 is 2.41 bits per heavy atom. The van der Waals surface area contributed by atoms with E-state index in [2.05, 4.69) is 6.07 Å². The van der Waals surface area contributed by atoms with Crippen LogP contribution in [0.2, 0.25) is 0 Å². The standard InChI is InChI=1S/C13H15NO2S/c1-3-17(15,16)11-6-4-10(5-7-11)12-8-13(12,2)9-14/h4-7,12H,3,8H2,1-2H3. The number of nitriles is 1. The molecule has 1 aliphatic carbocycles. The van der Waals surface area contributed by atoms with E-state index in [4.69, 9.17) is 5.26 Å². The fourth-order valence-electron chi connectivity index (χ4n) is 2.05. The van der Waals surface area contributed by atoms with Gasteiger partial charge in [-0.15, -0.1) is 0 Å². The number of sulfone groups is 1. The molecule has 17 heavy (non-hydrogen) atoms. The van der Waals surface area contributed by atoms with Crippen LogP contribution >= 0.6 is 0 Å². The molecule has 1 aromatic carbocycles. The average molecular weight is 249 g/mol. The third-order valence-corrected chi connectivity index (χ3v) is 5.26. The normalized spacial score (nSPS) is 27.5. The van der Waals surface area contributed by atoms with E-state index in [0.29, 0.717) is 4.90 Å². The van der Waals surface area contributed by atoms with Gasteiger partial charge >= 0.3 is 0 Å². The molecule has 2 rings (SSSR count). The van der Waals surface area contributed by atoms with Crippen LogP contribution in [0.15, 0.2) is 29.2 Å². The smallest absolute Gasteiger partial charge is 0.178 e. The first-order chi connectivity index (χ1) is 7.93. The molecular formula is C13H15NO2S. The Hall–Kier alpha value is -1.34. The summed E-state index contributed by atoms with van der Waals surface area (Å²) >= 11 is 0. The first-order valence-electron chi connectivity index (χ1n) is 5.67. The Bertz CT molecular complexity index is 568. The van der Waals surface area contributed by atoms with E-state index in [0.717, 1.165) is 12.0 Å². The minimum absolute atomic E-state index is 0.117. The second-order valence-electron chi connectivity index (χ2n) is 4.76. The van der Waals surface area contributed by atoms with Crippen LogP contribution in [0.25, 0.3) is 0 Å². The Labute approximate surface area is 102 Å². The molecule has 0 spiro atoms. The van der Waals surface area contributed by atoms with Gasteiger partial charge in [-0.3, -0.25) is 0 Å². The van der Waals surface area contributed by atoms with E-state index in [1.807, 2.05) is 19.1 Å². The largest absolute Gasteiger partial charge is 0.224 e. The van der Waals surface area contributed by atoms with E-state index < -0.39 is 9.84 Å². The minimum Gasteiger partial charge on any atom is -0.224 e. The number of hydrogen-bond acceptors (Lipinski definition) is 3. The molecule has 2 atom stereocenters. The van der Waals surface area contributed by atoms with Crippen molar-refractivity contribution in [2.24, 2.45) is 5.41 Å². The molecule has 1 fully saturated rings. The van der Waals surface area contributed by atoms with E-state index in [9.17, 15) is 8.42 Å². The first-order valence-corrected chi connectivity index (χ1v) is 7.32. The second-order valence-corrected chi connectivity index (χ2v) is 7.04. The van der Waals surface area contributed by atoms with Gasteiger partial charge in [0, 0.05) is 5.92 Å². The summed E-state index contributed by atoms with van der Waals surface area (Å²) in [6.45, 7) is 3.57. The molecule has 1 saturated carbocycles. The predicted octanol–water partition coefficient (Wildman–Crippen LogP) is 2.50. The molecule has 0 amide bonds. The summed E-state index contributed by atoms with van der Waals surface area (Å²) in [6.07, 6.45) is 0.864. The fourth-order valence-corrected chi connectivity index (χ4v) is 2.93. The zero-order valence-electron chi connectivity index (χ0n) is 9.97. The second kappa shape index (κ2) is 3.85. The molecule has 0 saturated heterocycles. The third-order valence-electron chi connectivity index (χ3n) is 3.51.